The van der Waals surface area contributed by atoms with E-state index in [-0.39, 0.29) is 36.1 Å². The summed E-state index contributed by atoms with van der Waals surface area (Å²) in [6.07, 6.45) is 0. The molecule has 0 aliphatic heterocycles. The van der Waals surface area contributed by atoms with Crippen molar-refractivity contribution in [3.8, 4) is 11.5 Å². The average molecular weight is 413 g/mol. The number of carbonyl (C=O) groups is 3. The lowest BCUT2D eigenvalue weighted by atomic mass is 9.88. The minimum atomic E-state index is -0.668. The van der Waals surface area contributed by atoms with Gasteiger partial charge in [-0.15, -0.1) is 0 Å². The van der Waals surface area contributed by atoms with Crippen LogP contribution in [0.1, 0.15) is 48.5 Å². The number of hydrogen-bond donors (Lipinski definition) is 1. The zero-order chi connectivity index (χ0) is 22.6. The first kappa shape index (κ1) is 22.9. The van der Waals surface area contributed by atoms with Crippen LogP contribution >= 0.6 is 0 Å². The van der Waals surface area contributed by atoms with Gasteiger partial charge in [0.05, 0.1) is 12.7 Å². The Kier molecular flexibility index (Phi) is 7.21. The van der Waals surface area contributed by atoms with Crippen LogP contribution in [0.2, 0.25) is 0 Å². The molecule has 2 aromatic carbocycles. The minimum Gasteiger partial charge on any atom is -0.493 e. The Morgan fingerprint density at radius 2 is 1.40 bits per heavy atom. The topological polar surface area (TPSA) is 105 Å². The summed E-state index contributed by atoms with van der Waals surface area (Å²) in [5, 5.41) is 0. The monoisotopic (exact) mass is 413 g/mol. The van der Waals surface area contributed by atoms with Gasteiger partial charge >= 0.3 is 5.97 Å². The van der Waals surface area contributed by atoms with E-state index in [2.05, 4.69) is 0 Å². The Bertz CT molecular complexity index is 980. The largest absolute Gasteiger partial charge is 0.493 e. The van der Waals surface area contributed by atoms with Crippen LogP contribution < -0.4 is 15.2 Å². The van der Waals surface area contributed by atoms with E-state index in [0.717, 1.165) is 27.8 Å². The third-order valence-electron chi connectivity index (χ3n) is 5.38. The lowest BCUT2D eigenvalue weighted by Crippen LogP contribution is -2.20. The van der Waals surface area contributed by atoms with Gasteiger partial charge in [-0.3, -0.25) is 9.59 Å². The molecule has 7 heteroatoms. The molecule has 160 valence electrons. The summed E-state index contributed by atoms with van der Waals surface area (Å²) in [7, 11) is 1.40. The third-order valence-corrected chi connectivity index (χ3v) is 5.38. The van der Waals surface area contributed by atoms with Gasteiger partial charge in [0.1, 0.15) is 0 Å². The smallest absolute Gasteiger partial charge is 0.338 e. The van der Waals surface area contributed by atoms with E-state index >= 15 is 0 Å². The number of esters is 1. The van der Waals surface area contributed by atoms with Crippen molar-refractivity contribution in [2.45, 2.75) is 34.6 Å². The number of ether oxygens (including phenoxy) is 3. The van der Waals surface area contributed by atoms with Crippen molar-refractivity contribution in [2.24, 2.45) is 5.73 Å². The molecule has 0 aliphatic carbocycles. The van der Waals surface area contributed by atoms with E-state index in [9.17, 15) is 14.4 Å². The summed E-state index contributed by atoms with van der Waals surface area (Å²) in [6, 6.07) is 4.35. The van der Waals surface area contributed by atoms with Crippen LogP contribution in [-0.2, 0) is 9.53 Å². The summed E-state index contributed by atoms with van der Waals surface area (Å²) in [5.74, 6) is -1.04. The van der Waals surface area contributed by atoms with E-state index in [1.165, 1.54) is 25.3 Å². The summed E-state index contributed by atoms with van der Waals surface area (Å²) >= 11 is 0. The van der Waals surface area contributed by atoms with Gasteiger partial charge in [-0.1, -0.05) is 0 Å². The van der Waals surface area contributed by atoms with Crippen molar-refractivity contribution in [1.82, 2.24) is 0 Å². The van der Waals surface area contributed by atoms with Gasteiger partial charge in [0.2, 0.25) is 5.78 Å². The van der Waals surface area contributed by atoms with Crippen LogP contribution in [0.25, 0.3) is 0 Å². The molecule has 0 radical (unpaired) electrons. The molecule has 0 atom stereocenters. The second-order valence-corrected chi connectivity index (χ2v) is 7.12. The van der Waals surface area contributed by atoms with Crippen molar-refractivity contribution in [3.05, 3.63) is 57.1 Å². The second-order valence-electron chi connectivity index (χ2n) is 7.12. The molecule has 0 bridgehead atoms. The van der Waals surface area contributed by atoms with Gasteiger partial charge in [-0.25, -0.2) is 4.79 Å². The highest BCUT2D eigenvalue weighted by molar-refractivity contribution is 6.02. The van der Waals surface area contributed by atoms with Crippen LogP contribution in [0.3, 0.4) is 0 Å². The number of hydrogen-bond acceptors (Lipinski definition) is 6. The first-order valence-electron chi connectivity index (χ1n) is 9.44. The zero-order valence-electron chi connectivity index (χ0n) is 18.2. The average Bonchev–Trinajstić information content (AvgIpc) is 2.73. The SMILES string of the molecule is COc1cc(C(=O)OCC(=O)c2c(C)c(C)c(C)c(C)c2C)ccc1OCC(N)=O. The molecular weight excluding hydrogens is 386 g/mol. The molecule has 2 rings (SSSR count). The molecule has 7 nitrogen and oxygen atoms in total. The van der Waals surface area contributed by atoms with Crippen LogP contribution in [0.5, 0.6) is 11.5 Å². The number of nitrogens with two attached hydrogens (primary N) is 1. The Morgan fingerprint density at radius 3 is 1.93 bits per heavy atom. The van der Waals surface area contributed by atoms with Crippen molar-refractivity contribution >= 4 is 17.7 Å². The maximum Gasteiger partial charge on any atom is 0.338 e. The van der Waals surface area contributed by atoms with E-state index in [4.69, 9.17) is 19.9 Å². The van der Waals surface area contributed by atoms with Crippen molar-refractivity contribution in [2.75, 3.05) is 20.3 Å². The second kappa shape index (κ2) is 9.43. The summed E-state index contributed by atoms with van der Waals surface area (Å²) < 4.78 is 15.7. The molecule has 0 fully saturated rings. The molecule has 0 aliphatic rings. The molecule has 0 unspecified atom stereocenters. The third kappa shape index (κ3) is 4.79. The van der Waals surface area contributed by atoms with Gasteiger partial charge in [0.15, 0.2) is 24.7 Å². The van der Waals surface area contributed by atoms with Gasteiger partial charge < -0.3 is 19.9 Å². The van der Waals surface area contributed by atoms with Gasteiger partial charge in [0.25, 0.3) is 5.91 Å². The number of Topliss-reactive ketones (excluding diaryl/α,β-unsaturated/α-hetero) is 1. The van der Waals surface area contributed by atoms with Crippen LogP contribution in [0, 0.1) is 34.6 Å². The lowest BCUT2D eigenvalue weighted by Gasteiger charge is -2.18. The Balaban J connectivity index is 2.16. The predicted molar refractivity (Wildman–Crippen MR) is 112 cm³/mol. The van der Waals surface area contributed by atoms with E-state index < -0.39 is 11.9 Å². The molecule has 30 heavy (non-hydrogen) atoms. The standard InChI is InChI=1S/C23H27NO6/c1-12-13(2)15(4)22(16(5)14(12)3)18(25)10-30-23(27)17-7-8-19(20(9-17)28-6)29-11-21(24)26/h7-9H,10-11H2,1-6H3,(H2,24,26). The van der Waals surface area contributed by atoms with Crippen molar-refractivity contribution in [1.29, 1.82) is 0 Å². The molecule has 0 spiro atoms. The van der Waals surface area contributed by atoms with Crippen molar-refractivity contribution in [3.63, 3.8) is 0 Å². The molecule has 0 aromatic heterocycles. The Morgan fingerprint density at radius 1 is 0.833 bits per heavy atom. The number of rotatable bonds is 8. The van der Waals surface area contributed by atoms with E-state index in [1.54, 1.807) is 0 Å². The Hall–Kier alpha value is -3.35. The number of amides is 1. The number of benzene rings is 2. The summed E-state index contributed by atoms with van der Waals surface area (Å²) in [4.78, 5) is 36.1. The molecular formula is C23H27NO6. The molecule has 1 amide bonds. The fourth-order valence-electron chi connectivity index (χ4n) is 3.27. The molecule has 0 saturated carbocycles. The summed E-state index contributed by atoms with van der Waals surface area (Å²) in [6.45, 7) is 9.11. The number of primary amides is 1. The lowest BCUT2D eigenvalue weighted by molar-refractivity contribution is -0.119. The zero-order valence-corrected chi connectivity index (χ0v) is 18.2. The highest BCUT2D eigenvalue weighted by Gasteiger charge is 2.20. The van der Waals surface area contributed by atoms with Gasteiger partial charge in [0, 0.05) is 5.56 Å². The summed E-state index contributed by atoms with van der Waals surface area (Å²) in [5.41, 5.74) is 10.9. The first-order valence-corrected chi connectivity index (χ1v) is 9.44. The highest BCUT2D eigenvalue weighted by atomic mass is 16.5. The molecule has 0 heterocycles. The fraction of sp³-hybridized carbons (Fsp3) is 0.348. The first-order chi connectivity index (χ1) is 14.1. The minimum absolute atomic E-state index is 0.191. The maximum absolute atomic E-state index is 12.8. The Labute approximate surface area is 176 Å². The molecule has 0 saturated heterocycles. The molecule has 2 aromatic rings. The maximum atomic E-state index is 12.8. The van der Waals surface area contributed by atoms with E-state index in [0.29, 0.717) is 5.56 Å². The number of methoxy groups -OCH3 is 1. The van der Waals surface area contributed by atoms with Crippen molar-refractivity contribution < 1.29 is 28.6 Å². The van der Waals surface area contributed by atoms with Gasteiger partial charge in [-0.2, -0.15) is 0 Å². The van der Waals surface area contributed by atoms with Crippen LogP contribution in [0.15, 0.2) is 18.2 Å². The normalized spacial score (nSPS) is 10.5. The van der Waals surface area contributed by atoms with Gasteiger partial charge in [-0.05, 0) is 80.6 Å². The van der Waals surface area contributed by atoms with E-state index in [1.807, 2.05) is 34.6 Å². The number of ketones is 1. The number of carbonyl (C=O) groups excluding carboxylic acids is 3. The van der Waals surface area contributed by atoms with Crippen LogP contribution in [-0.4, -0.2) is 38.0 Å². The molecule has 2 N–H and O–H groups in total. The predicted octanol–water partition coefficient (Wildman–Crippen LogP) is 3.14. The fourth-order valence-corrected chi connectivity index (χ4v) is 3.27. The highest BCUT2D eigenvalue weighted by Crippen LogP contribution is 2.29. The van der Waals surface area contributed by atoms with Crippen LogP contribution in [0.4, 0.5) is 0 Å². The quantitative estimate of drug-likeness (QED) is 0.527.